The van der Waals surface area contributed by atoms with Gasteiger partial charge in [0, 0.05) is 25.3 Å². The monoisotopic (exact) mass is 482 g/mol. The van der Waals surface area contributed by atoms with Gasteiger partial charge in [-0.25, -0.2) is 9.59 Å². The number of carbonyl (C=O) groups is 2. The highest BCUT2D eigenvalue weighted by atomic mass is 16.5. The van der Waals surface area contributed by atoms with Crippen LogP contribution in [0.25, 0.3) is 0 Å². The van der Waals surface area contributed by atoms with Gasteiger partial charge in [0.05, 0.1) is 6.54 Å². The zero-order valence-corrected chi connectivity index (χ0v) is 20.9. The molecule has 0 heterocycles. The van der Waals surface area contributed by atoms with E-state index < -0.39 is 12.1 Å². The molecule has 1 aliphatic rings. The highest BCUT2D eigenvalue weighted by Gasteiger charge is 2.20. The Morgan fingerprint density at radius 2 is 1.86 bits per heavy atom. The summed E-state index contributed by atoms with van der Waals surface area (Å²) in [6, 6.07) is 15.1. The van der Waals surface area contributed by atoms with Crippen molar-refractivity contribution < 1.29 is 24.2 Å². The maximum atomic E-state index is 13.0. The number of hydrogen-bond donors (Lipinski definition) is 2. The van der Waals surface area contributed by atoms with Gasteiger partial charge in [0.2, 0.25) is 0 Å². The fourth-order valence-corrected chi connectivity index (χ4v) is 4.51. The van der Waals surface area contributed by atoms with E-state index in [4.69, 9.17) is 9.47 Å². The Morgan fingerprint density at radius 3 is 2.51 bits per heavy atom. The number of carboxylic acids is 1. The van der Waals surface area contributed by atoms with Gasteiger partial charge in [-0.3, -0.25) is 0 Å². The third-order valence-corrected chi connectivity index (χ3v) is 6.46. The van der Waals surface area contributed by atoms with Gasteiger partial charge in [-0.05, 0) is 61.6 Å². The van der Waals surface area contributed by atoms with Crippen molar-refractivity contribution in [3.63, 3.8) is 0 Å². The second-order valence-electron chi connectivity index (χ2n) is 9.20. The van der Waals surface area contributed by atoms with Crippen LogP contribution < -0.4 is 10.1 Å². The van der Waals surface area contributed by atoms with Gasteiger partial charge >= 0.3 is 12.0 Å². The topological polar surface area (TPSA) is 88.1 Å². The summed E-state index contributed by atoms with van der Waals surface area (Å²) >= 11 is 0. The van der Waals surface area contributed by atoms with Crippen LogP contribution in [0.4, 0.5) is 10.5 Å². The third-order valence-electron chi connectivity index (χ3n) is 6.46. The Morgan fingerprint density at radius 1 is 1.11 bits per heavy atom. The number of anilines is 1. The van der Waals surface area contributed by atoms with Crippen molar-refractivity contribution in [1.29, 1.82) is 0 Å². The van der Waals surface area contributed by atoms with E-state index in [1.807, 2.05) is 60.4 Å². The number of rotatable bonds is 13. The molecular weight excluding hydrogens is 444 g/mol. The molecule has 7 heteroatoms. The summed E-state index contributed by atoms with van der Waals surface area (Å²) in [7, 11) is 0. The predicted octanol–water partition coefficient (Wildman–Crippen LogP) is 5.52. The van der Waals surface area contributed by atoms with Gasteiger partial charge in [-0.1, -0.05) is 49.9 Å². The standard InChI is InChI=1S/C28H38N2O5/c1-3-34-26(27(31)32)20-23-11-13-25(14-12-23)35-18-17-30(16-15-22-8-4-5-9-22)28(33)29-24-10-6-7-21(2)19-24/h6-7,10-14,19,22,26H,3-5,8-9,15-18,20H2,1-2H3,(H,29,33)(H,31,32). The van der Waals surface area contributed by atoms with Gasteiger partial charge in [-0.15, -0.1) is 0 Å². The summed E-state index contributed by atoms with van der Waals surface area (Å²) in [5.41, 5.74) is 2.76. The zero-order valence-electron chi connectivity index (χ0n) is 20.9. The number of hydrogen-bond acceptors (Lipinski definition) is 4. The molecule has 1 aliphatic carbocycles. The van der Waals surface area contributed by atoms with Crippen LogP contribution in [-0.2, 0) is 16.0 Å². The minimum absolute atomic E-state index is 0.108. The molecule has 0 bridgehead atoms. The van der Waals surface area contributed by atoms with Gasteiger partial charge in [0.25, 0.3) is 0 Å². The lowest BCUT2D eigenvalue weighted by molar-refractivity contribution is -0.149. The average Bonchev–Trinajstić information content (AvgIpc) is 3.35. The number of nitrogens with one attached hydrogen (secondary N) is 1. The third kappa shape index (κ3) is 8.91. The first-order valence-corrected chi connectivity index (χ1v) is 12.6. The summed E-state index contributed by atoms with van der Waals surface area (Å²) in [5, 5.41) is 12.3. The first-order chi connectivity index (χ1) is 16.9. The minimum atomic E-state index is -0.964. The van der Waals surface area contributed by atoms with E-state index in [2.05, 4.69) is 5.32 Å². The van der Waals surface area contributed by atoms with E-state index in [0.29, 0.717) is 44.4 Å². The fourth-order valence-electron chi connectivity index (χ4n) is 4.51. The van der Waals surface area contributed by atoms with Gasteiger partial charge in [0.1, 0.15) is 12.4 Å². The number of ether oxygens (including phenoxy) is 2. The van der Waals surface area contributed by atoms with Crippen LogP contribution >= 0.6 is 0 Å². The molecular formula is C28H38N2O5. The average molecular weight is 483 g/mol. The molecule has 35 heavy (non-hydrogen) atoms. The Labute approximate surface area is 208 Å². The fraction of sp³-hybridized carbons (Fsp3) is 0.500. The molecule has 2 aromatic rings. The summed E-state index contributed by atoms with van der Waals surface area (Å²) in [4.78, 5) is 26.2. The maximum Gasteiger partial charge on any atom is 0.333 e. The number of amides is 2. The van der Waals surface area contributed by atoms with E-state index in [1.54, 1.807) is 6.92 Å². The number of nitrogens with zero attached hydrogens (tertiary/aromatic N) is 1. The first-order valence-electron chi connectivity index (χ1n) is 12.6. The molecule has 190 valence electrons. The number of benzene rings is 2. The Kier molecular flexibility index (Phi) is 10.4. The molecule has 0 radical (unpaired) electrons. The van der Waals surface area contributed by atoms with Crippen molar-refractivity contribution in [2.75, 3.05) is 31.6 Å². The molecule has 0 aromatic heterocycles. The number of aryl methyl sites for hydroxylation is 1. The second-order valence-corrected chi connectivity index (χ2v) is 9.20. The molecule has 2 N–H and O–H groups in total. The molecule has 1 atom stereocenters. The van der Waals surface area contributed by atoms with Crippen molar-refractivity contribution in [3.05, 3.63) is 59.7 Å². The highest BCUT2D eigenvalue weighted by molar-refractivity contribution is 5.89. The largest absolute Gasteiger partial charge is 0.492 e. The summed E-state index contributed by atoms with van der Waals surface area (Å²) in [5.74, 6) is 0.421. The zero-order chi connectivity index (χ0) is 25.0. The normalized spacial score (nSPS) is 14.5. The van der Waals surface area contributed by atoms with Crippen molar-refractivity contribution in [2.24, 2.45) is 5.92 Å². The number of carboxylic acid groups (broad SMARTS) is 1. The van der Waals surface area contributed by atoms with E-state index in [0.717, 1.165) is 23.2 Å². The highest BCUT2D eigenvalue weighted by Crippen LogP contribution is 2.27. The van der Waals surface area contributed by atoms with Crippen molar-refractivity contribution in [2.45, 2.75) is 58.5 Å². The van der Waals surface area contributed by atoms with Gasteiger partial charge in [0.15, 0.2) is 6.10 Å². The lowest BCUT2D eigenvalue weighted by Gasteiger charge is -2.25. The van der Waals surface area contributed by atoms with Crippen molar-refractivity contribution in [3.8, 4) is 5.75 Å². The van der Waals surface area contributed by atoms with Crippen molar-refractivity contribution in [1.82, 2.24) is 4.90 Å². The number of urea groups is 1. The lowest BCUT2D eigenvalue weighted by atomic mass is 10.0. The molecule has 0 spiro atoms. The molecule has 0 saturated heterocycles. The van der Waals surface area contributed by atoms with E-state index in [-0.39, 0.29) is 6.03 Å². The molecule has 7 nitrogen and oxygen atoms in total. The molecule has 1 fully saturated rings. The van der Waals surface area contributed by atoms with Crippen molar-refractivity contribution >= 4 is 17.7 Å². The van der Waals surface area contributed by atoms with Crippen LogP contribution in [0.2, 0.25) is 0 Å². The van der Waals surface area contributed by atoms with Crippen LogP contribution in [0.1, 0.15) is 50.2 Å². The molecule has 2 amide bonds. The van der Waals surface area contributed by atoms with Crippen LogP contribution in [-0.4, -0.2) is 54.4 Å². The first kappa shape index (κ1) is 26.5. The van der Waals surface area contributed by atoms with E-state index in [1.165, 1.54) is 25.7 Å². The SMILES string of the molecule is CCOC(Cc1ccc(OCCN(CCC2CCCC2)C(=O)Nc2cccc(C)c2)cc1)C(=O)O. The van der Waals surface area contributed by atoms with Crippen LogP contribution in [0.3, 0.4) is 0 Å². The molecule has 1 saturated carbocycles. The van der Waals surface area contributed by atoms with E-state index >= 15 is 0 Å². The Bertz CT molecular complexity index is 941. The van der Waals surface area contributed by atoms with Gasteiger partial charge < -0.3 is 24.8 Å². The van der Waals surface area contributed by atoms with Crippen LogP contribution in [0.15, 0.2) is 48.5 Å². The molecule has 0 aliphatic heterocycles. The van der Waals surface area contributed by atoms with Gasteiger partial charge in [-0.2, -0.15) is 0 Å². The Balaban J connectivity index is 1.53. The summed E-state index contributed by atoms with van der Waals surface area (Å²) in [6.07, 6.45) is 5.54. The maximum absolute atomic E-state index is 13.0. The smallest absolute Gasteiger partial charge is 0.333 e. The van der Waals surface area contributed by atoms with Crippen LogP contribution in [0.5, 0.6) is 5.75 Å². The quantitative estimate of drug-likeness (QED) is 0.392. The number of aliphatic carboxylic acids is 1. The second kappa shape index (κ2) is 13.7. The number of carbonyl (C=O) groups excluding carboxylic acids is 1. The molecule has 2 aromatic carbocycles. The predicted molar refractivity (Wildman–Crippen MR) is 137 cm³/mol. The minimum Gasteiger partial charge on any atom is -0.492 e. The van der Waals surface area contributed by atoms with E-state index in [9.17, 15) is 14.7 Å². The molecule has 3 rings (SSSR count). The Hall–Kier alpha value is -3.06. The summed E-state index contributed by atoms with van der Waals surface area (Å²) < 4.78 is 11.2. The summed E-state index contributed by atoms with van der Waals surface area (Å²) in [6.45, 7) is 5.71. The molecule has 1 unspecified atom stereocenters. The van der Waals surface area contributed by atoms with Crippen LogP contribution in [0, 0.1) is 12.8 Å². The lowest BCUT2D eigenvalue weighted by Crippen LogP contribution is -2.39.